The van der Waals surface area contributed by atoms with Gasteiger partial charge < -0.3 is 4.98 Å². The van der Waals surface area contributed by atoms with Crippen LogP contribution < -0.4 is 11.2 Å². The van der Waals surface area contributed by atoms with Crippen LogP contribution in [0.15, 0.2) is 15.7 Å². The van der Waals surface area contributed by atoms with Gasteiger partial charge in [-0.1, -0.05) is 0 Å². The summed E-state index contributed by atoms with van der Waals surface area (Å²) in [5.41, 5.74) is -0.647. The van der Waals surface area contributed by atoms with Gasteiger partial charge >= 0.3 is 5.69 Å². The van der Waals surface area contributed by atoms with Crippen LogP contribution in [0.5, 0.6) is 0 Å². The molecule has 0 aliphatic carbocycles. The molecule has 66 valence electrons. The van der Waals surface area contributed by atoms with Crippen LogP contribution in [0.25, 0.3) is 0 Å². The summed E-state index contributed by atoms with van der Waals surface area (Å²) >= 11 is 0. The molecule has 6 heteroatoms. The van der Waals surface area contributed by atoms with E-state index in [4.69, 9.17) is 0 Å². The highest BCUT2D eigenvalue weighted by atomic mass is 32.2. The van der Waals surface area contributed by atoms with Crippen molar-refractivity contribution in [1.29, 1.82) is 0 Å². The Bertz CT molecular complexity index is 377. The molecule has 0 radical (unpaired) electrons. The van der Waals surface area contributed by atoms with E-state index < -0.39 is 22.0 Å². The van der Waals surface area contributed by atoms with Crippen molar-refractivity contribution < 1.29 is 4.21 Å². The van der Waals surface area contributed by atoms with Crippen LogP contribution in [0.4, 0.5) is 0 Å². The van der Waals surface area contributed by atoms with Crippen LogP contribution >= 0.6 is 0 Å². The molecule has 0 spiro atoms. The Kier molecular flexibility index (Phi) is 2.59. The normalized spacial score (nSPS) is 12.8. The predicted molar refractivity (Wildman–Crippen MR) is 45.5 cm³/mol. The first kappa shape index (κ1) is 8.92. The van der Waals surface area contributed by atoms with Crippen molar-refractivity contribution in [1.82, 2.24) is 9.97 Å². The lowest BCUT2D eigenvalue weighted by Crippen LogP contribution is -2.23. The SMILES string of the molecule is CS(=O)Cc1cc(=O)[nH]c(=O)[nH]1. The molecule has 0 bridgehead atoms. The molecule has 0 saturated carbocycles. The van der Waals surface area contributed by atoms with E-state index >= 15 is 0 Å². The van der Waals surface area contributed by atoms with Crippen molar-refractivity contribution in [2.45, 2.75) is 5.75 Å². The van der Waals surface area contributed by atoms with E-state index in [1.165, 1.54) is 12.3 Å². The lowest BCUT2D eigenvalue weighted by molar-refractivity contribution is 0.685. The van der Waals surface area contributed by atoms with Gasteiger partial charge in [0.1, 0.15) is 0 Å². The first-order valence-electron chi connectivity index (χ1n) is 3.20. The fraction of sp³-hybridized carbons (Fsp3) is 0.333. The number of aromatic nitrogens is 2. The fourth-order valence-electron chi connectivity index (χ4n) is 0.816. The monoisotopic (exact) mass is 188 g/mol. The standard InChI is InChI=1S/C6H8N2O3S/c1-12(11)3-4-2-5(9)8-6(10)7-4/h2H,3H2,1H3,(H2,7,8,9,10). The zero-order valence-corrected chi connectivity index (χ0v) is 7.23. The third-order valence-electron chi connectivity index (χ3n) is 1.17. The van der Waals surface area contributed by atoms with E-state index in [2.05, 4.69) is 4.98 Å². The van der Waals surface area contributed by atoms with Crippen molar-refractivity contribution >= 4 is 10.8 Å². The van der Waals surface area contributed by atoms with Crippen LogP contribution in [-0.4, -0.2) is 20.4 Å². The second-order valence-corrected chi connectivity index (χ2v) is 3.77. The highest BCUT2D eigenvalue weighted by Gasteiger charge is 1.98. The van der Waals surface area contributed by atoms with Gasteiger partial charge in [0.05, 0.1) is 5.75 Å². The predicted octanol–water partition coefficient (Wildman–Crippen LogP) is -1.06. The maximum Gasteiger partial charge on any atom is 0.325 e. The van der Waals surface area contributed by atoms with Crippen molar-refractivity contribution in [3.8, 4) is 0 Å². The lowest BCUT2D eigenvalue weighted by Gasteiger charge is -1.94. The molecule has 1 aromatic heterocycles. The van der Waals surface area contributed by atoms with Crippen LogP contribution in [0.3, 0.4) is 0 Å². The summed E-state index contributed by atoms with van der Waals surface area (Å²) in [7, 11) is -1.06. The van der Waals surface area contributed by atoms with Crippen molar-refractivity contribution in [3.05, 3.63) is 32.6 Å². The Hall–Kier alpha value is -1.17. The van der Waals surface area contributed by atoms with Crippen LogP contribution in [0, 0.1) is 0 Å². The molecule has 12 heavy (non-hydrogen) atoms. The third kappa shape index (κ3) is 2.46. The number of H-pyrrole nitrogens is 2. The topological polar surface area (TPSA) is 82.8 Å². The average Bonchev–Trinajstić information content (AvgIpc) is 1.81. The van der Waals surface area contributed by atoms with Crippen LogP contribution in [0.1, 0.15) is 5.69 Å². The molecular formula is C6H8N2O3S. The molecule has 1 atom stereocenters. The van der Waals surface area contributed by atoms with Crippen LogP contribution in [-0.2, 0) is 16.6 Å². The Labute approximate surface area is 70.3 Å². The van der Waals surface area contributed by atoms with Gasteiger partial charge in [0.15, 0.2) is 0 Å². The lowest BCUT2D eigenvalue weighted by atomic mass is 10.5. The van der Waals surface area contributed by atoms with E-state index in [0.717, 1.165) is 0 Å². The Balaban J connectivity index is 3.09. The molecule has 1 heterocycles. The number of aromatic amines is 2. The second kappa shape index (κ2) is 3.48. The first-order chi connectivity index (χ1) is 5.58. The van der Waals surface area contributed by atoms with Crippen LogP contribution in [0.2, 0.25) is 0 Å². The Morgan fingerprint density at radius 2 is 2.08 bits per heavy atom. The van der Waals surface area contributed by atoms with E-state index in [9.17, 15) is 13.8 Å². The van der Waals surface area contributed by atoms with Gasteiger partial charge in [-0.3, -0.25) is 14.0 Å². The highest BCUT2D eigenvalue weighted by molar-refractivity contribution is 7.83. The van der Waals surface area contributed by atoms with Crippen molar-refractivity contribution in [3.63, 3.8) is 0 Å². The first-order valence-corrected chi connectivity index (χ1v) is 4.93. The van der Waals surface area contributed by atoms with Gasteiger partial charge in [-0.05, 0) is 0 Å². The summed E-state index contributed by atoms with van der Waals surface area (Å²) in [6.07, 6.45) is 1.50. The number of rotatable bonds is 2. The summed E-state index contributed by atoms with van der Waals surface area (Å²) in [4.78, 5) is 25.8. The fourth-order valence-corrected chi connectivity index (χ4v) is 1.41. The minimum absolute atomic E-state index is 0.194. The van der Waals surface area contributed by atoms with Gasteiger partial charge in [0, 0.05) is 28.8 Å². The van der Waals surface area contributed by atoms with E-state index in [1.807, 2.05) is 4.98 Å². The molecule has 5 nitrogen and oxygen atoms in total. The third-order valence-corrected chi connectivity index (χ3v) is 1.89. The Morgan fingerprint density at radius 1 is 1.42 bits per heavy atom. The zero-order chi connectivity index (χ0) is 9.14. The Morgan fingerprint density at radius 3 is 2.58 bits per heavy atom. The van der Waals surface area contributed by atoms with Crippen molar-refractivity contribution in [2.24, 2.45) is 0 Å². The summed E-state index contributed by atoms with van der Waals surface area (Å²) in [6.45, 7) is 0. The van der Waals surface area contributed by atoms with Gasteiger partial charge in [-0.25, -0.2) is 4.79 Å². The van der Waals surface area contributed by atoms with Gasteiger partial charge in [-0.2, -0.15) is 0 Å². The largest absolute Gasteiger partial charge is 0.325 e. The number of hydrogen-bond acceptors (Lipinski definition) is 3. The van der Waals surface area contributed by atoms with Gasteiger partial charge in [0.2, 0.25) is 0 Å². The summed E-state index contributed by atoms with van der Waals surface area (Å²) in [5.74, 6) is 0.194. The van der Waals surface area contributed by atoms with E-state index in [1.54, 1.807) is 0 Å². The molecule has 0 aromatic carbocycles. The van der Waals surface area contributed by atoms with E-state index in [0.29, 0.717) is 5.69 Å². The average molecular weight is 188 g/mol. The minimum atomic E-state index is -1.06. The number of hydrogen-bond donors (Lipinski definition) is 2. The molecule has 1 aromatic rings. The molecule has 0 aliphatic heterocycles. The molecule has 0 fully saturated rings. The quantitative estimate of drug-likeness (QED) is 0.620. The number of nitrogens with one attached hydrogen (secondary N) is 2. The van der Waals surface area contributed by atoms with E-state index in [-0.39, 0.29) is 5.75 Å². The smallest absolute Gasteiger partial charge is 0.310 e. The summed E-state index contributed by atoms with van der Waals surface area (Å²) in [5, 5.41) is 0. The zero-order valence-electron chi connectivity index (χ0n) is 6.42. The van der Waals surface area contributed by atoms with Gasteiger partial charge in [0.25, 0.3) is 5.56 Å². The molecule has 0 saturated heterocycles. The highest BCUT2D eigenvalue weighted by Crippen LogP contribution is 1.90. The molecule has 1 unspecified atom stereocenters. The van der Waals surface area contributed by atoms with Gasteiger partial charge in [-0.15, -0.1) is 0 Å². The summed E-state index contributed by atoms with van der Waals surface area (Å²) < 4.78 is 10.7. The molecule has 2 N–H and O–H groups in total. The molecular weight excluding hydrogens is 180 g/mol. The minimum Gasteiger partial charge on any atom is -0.310 e. The molecule has 1 rings (SSSR count). The second-order valence-electron chi connectivity index (χ2n) is 2.33. The maximum absolute atomic E-state index is 10.7. The maximum atomic E-state index is 10.7. The molecule has 0 amide bonds. The summed E-state index contributed by atoms with van der Waals surface area (Å²) in [6, 6.07) is 1.22. The molecule has 0 aliphatic rings. The van der Waals surface area contributed by atoms with Crippen molar-refractivity contribution in [2.75, 3.05) is 6.26 Å².